The fourth-order valence-electron chi connectivity index (χ4n) is 6.94. The van der Waals surface area contributed by atoms with E-state index in [-0.39, 0.29) is 36.2 Å². The van der Waals surface area contributed by atoms with Gasteiger partial charge in [0.1, 0.15) is 12.5 Å². The van der Waals surface area contributed by atoms with Crippen LogP contribution in [0.2, 0.25) is 0 Å². The van der Waals surface area contributed by atoms with E-state index in [1.807, 2.05) is 4.90 Å². The average molecular weight is 548 g/mol. The minimum absolute atomic E-state index is 0.0761. The van der Waals surface area contributed by atoms with Gasteiger partial charge in [0, 0.05) is 44.1 Å². The van der Waals surface area contributed by atoms with Crippen molar-refractivity contribution in [3.8, 4) is 0 Å². The number of ether oxygens (including phenoxy) is 1. The number of fused-ring (bicyclic) bond motifs is 6. The van der Waals surface area contributed by atoms with Crippen LogP contribution in [0.4, 0.5) is 0 Å². The van der Waals surface area contributed by atoms with Crippen LogP contribution in [0, 0.1) is 25.7 Å². The Bertz CT molecular complexity index is 1090. The predicted octanol–water partition coefficient (Wildman–Crippen LogP) is 2.26. The van der Waals surface area contributed by atoms with Gasteiger partial charge in [-0.3, -0.25) is 15.4 Å². The van der Waals surface area contributed by atoms with Gasteiger partial charge in [-0.1, -0.05) is 38.5 Å². The molecule has 212 valence electrons. The Labute approximate surface area is 227 Å². The van der Waals surface area contributed by atoms with E-state index in [0.29, 0.717) is 44.8 Å². The highest BCUT2D eigenvalue weighted by atomic mass is 32.2. The lowest BCUT2D eigenvalue weighted by atomic mass is 9.87. The Morgan fingerprint density at radius 2 is 1.87 bits per heavy atom. The van der Waals surface area contributed by atoms with Gasteiger partial charge >= 0.3 is 0 Å². The van der Waals surface area contributed by atoms with Crippen molar-refractivity contribution >= 4 is 15.9 Å². The maximum absolute atomic E-state index is 13.7. The number of amides is 1. The van der Waals surface area contributed by atoms with E-state index < -0.39 is 21.6 Å². The van der Waals surface area contributed by atoms with Crippen LogP contribution in [0.15, 0.2) is 18.2 Å². The molecule has 4 fully saturated rings. The van der Waals surface area contributed by atoms with Crippen molar-refractivity contribution in [2.75, 3.05) is 19.6 Å². The first-order chi connectivity index (χ1) is 18.1. The number of carbonyl (C=O) groups excluding carboxylic acids is 1. The molecule has 4 N–H and O–H groups in total. The zero-order chi connectivity index (χ0) is 27.0. The zero-order valence-corrected chi connectivity index (χ0v) is 24.0. The molecule has 3 saturated heterocycles. The summed E-state index contributed by atoms with van der Waals surface area (Å²) in [6, 6.07) is 6.28. The largest absolute Gasteiger partial charge is 0.357 e. The number of nitrogens with zero attached hydrogens (tertiary/aromatic N) is 1. The highest BCUT2D eigenvalue weighted by molar-refractivity contribution is 7.90. The fourth-order valence-corrected chi connectivity index (χ4v) is 8.56. The molecular formula is C28H45N5O4S. The Morgan fingerprint density at radius 3 is 2.61 bits per heavy atom. The Morgan fingerprint density at radius 1 is 1.11 bits per heavy atom. The summed E-state index contributed by atoms with van der Waals surface area (Å²) >= 11 is 0. The van der Waals surface area contributed by atoms with Crippen molar-refractivity contribution < 1.29 is 17.9 Å². The highest BCUT2D eigenvalue weighted by Gasteiger charge is 2.42. The molecule has 3 aliphatic heterocycles. The summed E-state index contributed by atoms with van der Waals surface area (Å²) in [6.45, 7) is 10.5. The molecule has 38 heavy (non-hydrogen) atoms. The van der Waals surface area contributed by atoms with Gasteiger partial charge in [-0.25, -0.2) is 8.42 Å². The van der Waals surface area contributed by atoms with Crippen molar-refractivity contribution in [2.24, 2.45) is 11.8 Å². The lowest BCUT2D eigenvalue weighted by molar-refractivity contribution is -0.140. The molecule has 1 aromatic carbocycles. The first-order valence-electron chi connectivity index (χ1n) is 14.4. The van der Waals surface area contributed by atoms with Crippen LogP contribution in [-0.2, 0) is 19.6 Å². The maximum atomic E-state index is 13.7. The number of nitrogens with one attached hydrogen (secondary N) is 4. The van der Waals surface area contributed by atoms with Crippen LogP contribution >= 0.6 is 0 Å². The molecule has 1 aromatic rings. The summed E-state index contributed by atoms with van der Waals surface area (Å²) in [5.74, 6) is 0.285. The first-order valence-corrected chi connectivity index (χ1v) is 15.9. The summed E-state index contributed by atoms with van der Waals surface area (Å²) in [5, 5.41) is 10.0. The lowest BCUT2D eigenvalue weighted by Crippen LogP contribution is -2.65. The van der Waals surface area contributed by atoms with E-state index in [2.05, 4.69) is 66.6 Å². The number of carbonyl (C=O) groups is 1. The average Bonchev–Trinajstić information content (AvgIpc) is 3.04. The van der Waals surface area contributed by atoms with Gasteiger partial charge < -0.3 is 15.0 Å². The van der Waals surface area contributed by atoms with E-state index >= 15 is 0 Å². The molecule has 7 atom stereocenters. The summed E-state index contributed by atoms with van der Waals surface area (Å²) < 4.78 is 36.9. The van der Waals surface area contributed by atoms with Crippen molar-refractivity contribution in [1.29, 1.82) is 0 Å². The number of sulfonamides is 1. The molecule has 5 rings (SSSR count). The van der Waals surface area contributed by atoms with Gasteiger partial charge in [0.25, 0.3) is 0 Å². The summed E-state index contributed by atoms with van der Waals surface area (Å²) in [6.07, 6.45) is 2.77. The molecule has 1 amide bonds. The summed E-state index contributed by atoms with van der Waals surface area (Å²) in [4.78, 5) is 15.6. The van der Waals surface area contributed by atoms with Crippen LogP contribution < -0.4 is 20.7 Å². The van der Waals surface area contributed by atoms with Crippen molar-refractivity contribution in [2.45, 2.75) is 102 Å². The second-order valence-electron chi connectivity index (χ2n) is 12.1. The van der Waals surface area contributed by atoms with Crippen molar-refractivity contribution in [1.82, 2.24) is 25.6 Å². The molecule has 5 unspecified atom stereocenters. The molecule has 0 aromatic heterocycles. The Kier molecular flexibility index (Phi) is 8.47. The summed E-state index contributed by atoms with van der Waals surface area (Å²) in [5.41, 5.74) is 3.52. The SMILES string of the molecule is Cc1cccc(C)c1C1CC2NC(N1)NS(=O)(=O)C1CCCC(C1)C(=O)N1CCN[C@H](CC(C)C)[C@@H](C1)O2. The molecule has 1 saturated carbocycles. The lowest BCUT2D eigenvalue weighted by Gasteiger charge is -2.41. The molecule has 0 spiro atoms. The van der Waals surface area contributed by atoms with Crippen LogP contribution in [0.5, 0.6) is 0 Å². The van der Waals surface area contributed by atoms with Crippen molar-refractivity contribution in [3.05, 3.63) is 34.9 Å². The third-order valence-electron chi connectivity index (χ3n) is 8.77. The van der Waals surface area contributed by atoms with Crippen LogP contribution in [0.25, 0.3) is 0 Å². The standard InChI is InChI=1S/C28H45N5O4S/c1-17(2)13-22-24-16-33(12-11-29-22)27(34)20-9-6-10-21(14-20)38(35,36)32-28-30-23(15-25(31-28)37-24)26-18(3)7-5-8-19(26)4/h5,7-8,17,20-25,28-32H,6,9-16H2,1-4H3/t20?,21?,22-,23?,24-,25?,28?/m1/s1. The molecule has 10 heteroatoms. The van der Waals surface area contributed by atoms with Gasteiger partial charge in [-0.05, 0) is 62.1 Å². The van der Waals surface area contributed by atoms with Gasteiger partial charge in [-0.2, -0.15) is 4.72 Å². The quantitative estimate of drug-likeness (QED) is 0.459. The van der Waals surface area contributed by atoms with Crippen LogP contribution in [0.3, 0.4) is 0 Å². The minimum atomic E-state index is -3.66. The first kappa shape index (κ1) is 28.0. The van der Waals surface area contributed by atoms with Crippen LogP contribution in [0.1, 0.15) is 75.1 Å². The van der Waals surface area contributed by atoms with E-state index in [1.54, 1.807) is 0 Å². The second-order valence-corrected chi connectivity index (χ2v) is 14.1. The molecule has 0 radical (unpaired) electrons. The number of benzene rings is 1. The third-order valence-corrected chi connectivity index (χ3v) is 10.6. The van der Waals surface area contributed by atoms with Gasteiger partial charge in [0.15, 0.2) is 0 Å². The van der Waals surface area contributed by atoms with Gasteiger partial charge in [0.2, 0.25) is 15.9 Å². The van der Waals surface area contributed by atoms with Gasteiger partial charge in [0.05, 0.1) is 11.4 Å². The predicted molar refractivity (Wildman–Crippen MR) is 148 cm³/mol. The summed E-state index contributed by atoms with van der Waals surface area (Å²) in [7, 11) is -3.66. The molecular weight excluding hydrogens is 502 g/mol. The fraction of sp³-hybridized carbons (Fsp3) is 0.750. The van der Waals surface area contributed by atoms with Gasteiger partial charge in [-0.15, -0.1) is 0 Å². The molecule has 6 bridgehead atoms. The highest BCUT2D eigenvalue weighted by Crippen LogP contribution is 2.33. The normalized spacial score (nSPS) is 36.1. The topological polar surface area (TPSA) is 112 Å². The Hall–Kier alpha value is -1.56. The smallest absolute Gasteiger partial charge is 0.225 e. The van der Waals surface area contributed by atoms with Crippen LogP contribution in [-0.4, -0.2) is 68.8 Å². The molecule has 1 aliphatic carbocycles. The van der Waals surface area contributed by atoms with E-state index in [9.17, 15) is 13.2 Å². The number of hydrogen-bond donors (Lipinski definition) is 4. The minimum Gasteiger partial charge on any atom is -0.357 e. The second kappa shape index (κ2) is 11.5. The maximum Gasteiger partial charge on any atom is 0.225 e. The Balaban J connectivity index is 1.52. The molecule has 9 nitrogen and oxygen atoms in total. The number of hydrogen-bond acceptors (Lipinski definition) is 7. The van der Waals surface area contributed by atoms with Crippen molar-refractivity contribution in [3.63, 3.8) is 0 Å². The molecule has 4 aliphatic rings. The molecule has 3 heterocycles. The van der Waals surface area contributed by atoms with E-state index in [1.165, 1.54) is 16.7 Å². The number of rotatable bonds is 3. The van der Waals surface area contributed by atoms with E-state index in [0.717, 1.165) is 19.3 Å². The van der Waals surface area contributed by atoms with E-state index in [4.69, 9.17) is 4.74 Å². The zero-order valence-electron chi connectivity index (χ0n) is 23.2. The monoisotopic (exact) mass is 547 g/mol. The third kappa shape index (κ3) is 6.10. The number of aryl methyl sites for hydroxylation is 2.